The van der Waals surface area contributed by atoms with Crippen molar-refractivity contribution in [3.63, 3.8) is 0 Å². The Bertz CT molecular complexity index is 1020. The second-order valence-corrected chi connectivity index (χ2v) is 8.23. The molecule has 0 bridgehead atoms. The summed E-state index contributed by atoms with van der Waals surface area (Å²) in [7, 11) is 0. The number of imidazole rings is 1. The summed E-state index contributed by atoms with van der Waals surface area (Å²) < 4.78 is 2.31. The second-order valence-electron chi connectivity index (χ2n) is 7.42. The molecular weight excluding hydrogens is 407 g/mol. The maximum atomic E-state index is 12.5. The van der Waals surface area contributed by atoms with Crippen LogP contribution >= 0.6 is 23.2 Å². The van der Waals surface area contributed by atoms with Gasteiger partial charge in [0.15, 0.2) is 0 Å². The summed E-state index contributed by atoms with van der Waals surface area (Å²) in [6.07, 6.45) is 2.81. The number of aromatic nitrogens is 2. The topological polar surface area (TPSA) is 50.2 Å². The summed E-state index contributed by atoms with van der Waals surface area (Å²) in [4.78, 5) is 19.8. The zero-order valence-corrected chi connectivity index (χ0v) is 17.9. The van der Waals surface area contributed by atoms with Crippen LogP contribution < -0.4 is 10.2 Å². The van der Waals surface area contributed by atoms with E-state index in [4.69, 9.17) is 28.2 Å². The van der Waals surface area contributed by atoms with Crippen molar-refractivity contribution >= 4 is 46.1 Å². The van der Waals surface area contributed by atoms with Crippen LogP contribution in [-0.2, 0) is 6.54 Å². The molecule has 0 unspecified atom stereocenters. The third kappa shape index (κ3) is 4.21. The lowest BCUT2D eigenvalue weighted by Crippen LogP contribution is -2.45. The number of para-hydroxylation sites is 2. The molecule has 29 heavy (non-hydrogen) atoms. The lowest BCUT2D eigenvalue weighted by Gasteiger charge is -2.33. The molecule has 1 amide bonds. The van der Waals surface area contributed by atoms with Gasteiger partial charge in [-0.3, -0.25) is 4.79 Å². The molecular formula is C22H24Cl2N4O. The van der Waals surface area contributed by atoms with Gasteiger partial charge in [-0.2, -0.15) is 0 Å². The number of piperidine rings is 1. The van der Waals surface area contributed by atoms with Gasteiger partial charge in [0, 0.05) is 31.2 Å². The number of benzene rings is 2. The Morgan fingerprint density at radius 1 is 1.14 bits per heavy atom. The van der Waals surface area contributed by atoms with Crippen molar-refractivity contribution in [2.24, 2.45) is 0 Å². The van der Waals surface area contributed by atoms with Crippen molar-refractivity contribution in [3.05, 3.63) is 58.1 Å². The molecule has 0 spiro atoms. The van der Waals surface area contributed by atoms with Crippen LogP contribution in [0, 0.1) is 0 Å². The van der Waals surface area contributed by atoms with E-state index in [0.29, 0.717) is 15.6 Å². The van der Waals surface area contributed by atoms with Gasteiger partial charge in [-0.1, -0.05) is 42.3 Å². The van der Waals surface area contributed by atoms with E-state index in [1.807, 2.05) is 6.07 Å². The van der Waals surface area contributed by atoms with E-state index in [9.17, 15) is 4.79 Å². The Morgan fingerprint density at radius 2 is 1.90 bits per heavy atom. The zero-order valence-electron chi connectivity index (χ0n) is 16.4. The third-order valence-corrected chi connectivity index (χ3v) is 6.12. The molecule has 0 atom stereocenters. The van der Waals surface area contributed by atoms with Gasteiger partial charge in [-0.25, -0.2) is 4.98 Å². The van der Waals surface area contributed by atoms with Gasteiger partial charge in [0.25, 0.3) is 5.91 Å². The number of fused-ring (bicyclic) bond motifs is 1. The number of rotatable bonds is 5. The summed E-state index contributed by atoms with van der Waals surface area (Å²) in [5.41, 5.74) is 2.75. The van der Waals surface area contributed by atoms with Crippen LogP contribution in [0.3, 0.4) is 0 Å². The molecule has 152 valence electrons. The number of hydrogen-bond acceptors (Lipinski definition) is 3. The van der Waals surface area contributed by atoms with Crippen LogP contribution in [0.4, 0.5) is 5.95 Å². The maximum Gasteiger partial charge on any atom is 0.251 e. The molecule has 2 aromatic carbocycles. The van der Waals surface area contributed by atoms with Crippen molar-refractivity contribution in [1.29, 1.82) is 0 Å². The minimum absolute atomic E-state index is 0.111. The van der Waals surface area contributed by atoms with Gasteiger partial charge in [0.05, 0.1) is 21.1 Å². The third-order valence-electron chi connectivity index (χ3n) is 5.38. The van der Waals surface area contributed by atoms with Crippen molar-refractivity contribution in [2.45, 2.75) is 38.8 Å². The van der Waals surface area contributed by atoms with Crippen LogP contribution in [0.2, 0.25) is 10.0 Å². The van der Waals surface area contributed by atoms with Gasteiger partial charge in [0.2, 0.25) is 5.95 Å². The first-order chi connectivity index (χ1) is 14.1. The molecule has 1 N–H and O–H groups in total. The summed E-state index contributed by atoms with van der Waals surface area (Å²) in [6.45, 7) is 4.85. The largest absolute Gasteiger partial charge is 0.349 e. The van der Waals surface area contributed by atoms with E-state index in [1.54, 1.807) is 18.2 Å². The Morgan fingerprint density at radius 3 is 2.62 bits per heavy atom. The molecule has 0 radical (unpaired) electrons. The molecule has 0 saturated carbocycles. The normalized spacial score (nSPS) is 15.1. The first kappa shape index (κ1) is 20.0. The monoisotopic (exact) mass is 430 g/mol. The number of nitrogens with one attached hydrogen (secondary N) is 1. The molecule has 1 aliphatic rings. The number of nitrogens with zero attached hydrogens (tertiary/aromatic N) is 3. The fraction of sp³-hybridized carbons (Fsp3) is 0.364. The molecule has 3 aromatic rings. The Labute approximate surface area is 180 Å². The number of amides is 1. The number of hydrogen-bond donors (Lipinski definition) is 1. The fourth-order valence-electron chi connectivity index (χ4n) is 3.88. The first-order valence-corrected chi connectivity index (χ1v) is 10.8. The number of aryl methyl sites for hydroxylation is 1. The van der Waals surface area contributed by atoms with E-state index >= 15 is 0 Å². The highest BCUT2D eigenvalue weighted by atomic mass is 35.5. The quantitative estimate of drug-likeness (QED) is 0.608. The van der Waals surface area contributed by atoms with Crippen LogP contribution in [0.5, 0.6) is 0 Å². The number of halogens is 2. The summed E-state index contributed by atoms with van der Waals surface area (Å²) in [5.74, 6) is 0.919. The van der Waals surface area contributed by atoms with Gasteiger partial charge < -0.3 is 14.8 Å². The molecule has 1 saturated heterocycles. The summed E-state index contributed by atoms with van der Waals surface area (Å²) >= 11 is 12.0. The second kappa shape index (κ2) is 8.64. The molecule has 5 nitrogen and oxygen atoms in total. The van der Waals surface area contributed by atoms with E-state index in [-0.39, 0.29) is 11.9 Å². The molecule has 4 rings (SSSR count). The van der Waals surface area contributed by atoms with E-state index in [2.05, 4.69) is 39.9 Å². The van der Waals surface area contributed by atoms with Gasteiger partial charge in [-0.05, 0) is 49.6 Å². The minimum atomic E-state index is -0.111. The standard InChI is InChI=1S/C22H24Cl2N4O/c1-2-11-28-20-6-4-3-5-19(20)26-22(28)27-12-9-16(10-13-27)25-21(29)15-7-8-17(23)18(24)14-15/h3-8,14,16H,2,9-13H2,1H3,(H,25,29). The minimum Gasteiger partial charge on any atom is -0.349 e. The smallest absolute Gasteiger partial charge is 0.251 e. The predicted molar refractivity (Wildman–Crippen MR) is 119 cm³/mol. The van der Waals surface area contributed by atoms with Crippen molar-refractivity contribution < 1.29 is 4.79 Å². The highest BCUT2D eigenvalue weighted by Crippen LogP contribution is 2.26. The Kier molecular flexibility index (Phi) is 5.97. The van der Waals surface area contributed by atoms with Gasteiger partial charge in [-0.15, -0.1) is 0 Å². The number of carbonyl (C=O) groups excluding carboxylic acids is 1. The molecule has 2 heterocycles. The molecule has 1 aromatic heterocycles. The summed E-state index contributed by atoms with van der Waals surface area (Å²) in [5, 5.41) is 3.97. The average Bonchev–Trinajstić information content (AvgIpc) is 3.09. The number of carbonyl (C=O) groups is 1. The van der Waals surface area contributed by atoms with Crippen LogP contribution in [-0.4, -0.2) is 34.6 Å². The highest BCUT2D eigenvalue weighted by molar-refractivity contribution is 6.42. The van der Waals surface area contributed by atoms with E-state index < -0.39 is 0 Å². The SMILES string of the molecule is CCCn1c(N2CCC(NC(=O)c3ccc(Cl)c(Cl)c3)CC2)nc2ccccc21. The average molecular weight is 431 g/mol. The van der Waals surface area contributed by atoms with Crippen LogP contribution in [0.15, 0.2) is 42.5 Å². The first-order valence-electron chi connectivity index (χ1n) is 10.0. The lowest BCUT2D eigenvalue weighted by atomic mass is 10.0. The van der Waals surface area contributed by atoms with E-state index in [0.717, 1.165) is 50.4 Å². The lowest BCUT2D eigenvalue weighted by molar-refractivity contribution is 0.0931. The Balaban J connectivity index is 1.43. The van der Waals surface area contributed by atoms with Gasteiger partial charge in [0.1, 0.15) is 0 Å². The van der Waals surface area contributed by atoms with E-state index in [1.165, 1.54) is 5.52 Å². The molecule has 1 fully saturated rings. The fourth-order valence-corrected chi connectivity index (χ4v) is 4.18. The van der Waals surface area contributed by atoms with Crippen molar-refractivity contribution in [1.82, 2.24) is 14.9 Å². The van der Waals surface area contributed by atoms with Crippen LogP contribution in [0.25, 0.3) is 11.0 Å². The number of anilines is 1. The maximum absolute atomic E-state index is 12.5. The Hall–Kier alpha value is -2.24. The van der Waals surface area contributed by atoms with Crippen molar-refractivity contribution in [2.75, 3.05) is 18.0 Å². The molecule has 1 aliphatic heterocycles. The van der Waals surface area contributed by atoms with Crippen LogP contribution in [0.1, 0.15) is 36.5 Å². The van der Waals surface area contributed by atoms with Crippen molar-refractivity contribution in [3.8, 4) is 0 Å². The molecule has 0 aliphatic carbocycles. The zero-order chi connectivity index (χ0) is 20.4. The molecule has 7 heteroatoms. The van der Waals surface area contributed by atoms with Gasteiger partial charge >= 0.3 is 0 Å². The summed E-state index contributed by atoms with van der Waals surface area (Å²) in [6, 6.07) is 13.4. The highest BCUT2D eigenvalue weighted by Gasteiger charge is 2.25. The predicted octanol–water partition coefficient (Wildman–Crippen LogP) is 5.15.